The van der Waals surface area contributed by atoms with E-state index >= 15 is 0 Å². The zero-order valence-corrected chi connectivity index (χ0v) is 22.7. The first kappa shape index (κ1) is 26.0. The second kappa shape index (κ2) is 10.1. The Kier molecular flexibility index (Phi) is 6.37. The summed E-state index contributed by atoms with van der Waals surface area (Å²) in [6, 6.07) is 20.6. The van der Waals surface area contributed by atoms with E-state index in [1.807, 2.05) is 37.3 Å². The molecule has 3 heterocycles. The number of anilines is 1. The Labute approximate surface area is 234 Å². The third-order valence-corrected chi connectivity index (χ3v) is 7.62. The minimum Gasteiger partial charge on any atom is -0.506 e. The van der Waals surface area contributed by atoms with Crippen LogP contribution in [0.3, 0.4) is 0 Å². The van der Waals surface area contributed by atoms with Crippen molar-refractivity contribution in [2.24, 2.45) is 14.1 Å². The molecule has 1 aliphatic heterocycles. The number of aromatic hydroxyl groups is 1. The number of nitrogens with zero attached hydrogens (tertiary/aromatic N) is 3. The number of para-hydroxylation sites is 2. The molecule has 0 saturated carbocycles. The summed E-state index contributed by atoms with van der Waals surface area (Å²) in [5.41, 5.74) is 1.62. The molecule has 0 radical (unpaired) electrons. The lowest BCUT2D eigenvalue weighted by Gasteiger charge is -2.20. The molecule has 0 bridgehead atoms. The highest BCUT2D eigenvalue weighted by Crippen LogP contribution is 2.37. The Bertz CT molecular complexity index is 1940. The van der Waals surface area contributed by atoms with Gasteiger partial charge in [-0.2, -0.15) is 0 Å². The lowest BCUT2D eigenvalue weighted by molar-refractivity contribution is 0.0972. The predicted molar refractivity (Wildman–Crippen MR) is 154 cm³/mol. The predicted octanol–water partition coefficient (Wildman–Crippen LogP) is 4.20. The summed E-state index contributed by atoms with van der Waals surface area (Å²) in [6.07, 6.45) is -0.222. The Morgan fingerprint density at radius 2 is 1.66 bits per heavy atom. The number of hydrogen-bond donors (Lipinski definition) is 2. The van der Waals surface area contributed by atoms with Crippen molar-refractivity contribution < 1.29 is 19.4 Å². The molecule has 2 aromatic heterocycles. The van der Waals surface area contributed by atoms with Crippen LogP contribution in [0.25, 0.3) is 16.6 Å². The van der Waals surface area contributed by atoms with Gasteiger partial charge in [0.25, 0.3) is 11.1 Å². The maximum Gasteiger partial charge on any atom is 0.295 e. The Hall–Kier alpha value is -5.25. The molecule has 0 saturated heterocycles. The molecule has 0 amide bonds. The van der Waals surface area contributed by atoms with Gasteiger partial charge >= 0.3 is 0 Å². The van der Waals surface area contributed by atoms with Gasteiger partial charge in [0, 0.05) is 25.9 Å². The normalized spacial score (nSPS) is 13.0. The Morgan fingerprint density at radius 1 is 0.951 bits per heavy atom. The number of benzene rings is 3. The van der Waals surface area contributed by atoms with Crippen molar-refractivity contribution in [3.63, 3.8) is 0 Å². The number of carbonyl (C=O) groups excluding carboxylic acids is 1. The van der Waals surface area contributed by atoms with Crippen molar-refractivity contribution in [1.29, 1.82) is 0 Å². The van der Waals surface area contributed by atoms with E-state index in [9.17, 15) is 19.5 Å². The molecule has 10 heteroatoms. The van der Waals surface area contributed by atoms with Gasteiger partial charge in [0.15, 0.2) is 17.3 Å². The number of ether oxygens (including phenoxy) is 2. The summed E-state index contributed by atoms with van der Waals surface area (Å²) in [5.74, 6) is 0.154. The van der Waals surface area contributed by atoms with Crippen molar-refractivity contribution in [1.82, 2.24) is 13.9 Å². The SMILES string of the molecule is Cc1c(N[C@@H](CC(=O)c2c(O)c3ccccc3n(C)c2=O)c2ccc3c(c2)OCO3)c(=O)n(-c2ccccc2)n1C. The van der Waals surface area contributed by atoms with Gasteiger partial charge in [-0.1, -0.05) is 36.4 Å². The standard InChI is InChI=1S/C31H28N4O6/c1-18-28(31(39)35(34(18)3)20-9-5-4-6-10-20)32-22(19-13-14-25-26(15-19)41-17-40-25)16-24(36)27-29(37)21-11-7-8-12-23(21)33(2)30(27)38/h4-15,22,32,37H,16-17H2,1-3H3/t22-/m0/s1. The number of fused-ring (bicyclic) bond motifs is 2. The van der Waals surface area contributed by atoms with Gasteiger partial charge in [-0.15, -0.1) is 0 Å². The minimum atomic E-state index is -0.745. The van der Waals surface area contributed by atoms with Crippen molar-refractivity contribution in [3.05, 3.63) is 110 Å². The smallest absolute Gasteiger partial charge is 0.295 e. The van der Waals surface area contributed by atoms with Crippen molar-refractivity contribution in [3.8, 4) is 22.9 Å². The highest BCUT2D eigenvalue weighted by molar-refractivity contribution is 6.03. The van der Waals surface area contributed by atoms with Crippen molar-refractivity contribution in [2.45, 2.75) is 19.4 Å². The average molecular weight is 553 g/mol. The molecule has 1 atom stereocenters. The number of aryl methyl sites for hydroxylation is 1. The van der Waals surface area contributed by atoms with E-state index in [0.717, 1.165) is 0 Å². The monoisotopic (exact) mass is 552 g/mol. The van der Waals surface area contributed by atoms with Crippen molar-refractivity contribution >= 4 is 22.4 Å². The fourth-order valence-electron chi connectivity index (χ4n) is 5.31. The third kappa shape index (κ3) is 4.33. The molecule has 2 N–H and O–H groups in total. The largest absolute Gasteiger partial charge is 0.506 e. The second-order valence-electron chi connectivity index (χ2n) is 9.98. The fraction of sp³-hybridized carbons (Fsp3) is 0.194. The van der Waals surface area contributed by atoms with E-state index in [-0.39, 0.29) is 30.1 Å². The lowest BCUT2D eigenvalue weighted by atomic mass is 9.96. The second-order valence-corrected chi connectivity index (χ2v) is 9.98. The summed E-state index contributed by atoms with van der Waals surface area (Å²) in [5, 5.41) is 14.7. The first-order valence-corrected chi connectivity index (χ1v) is 13.1. The summed E-state index contributed by atoms with van der Waals surface area (Å²) < 4.78 is 15.6. The molecule has 3 aromatic carbocycles. The Balaban J connectivity index is 1.44. The number of hydrogen-bond acceptors (Lipinski definition) is 7. The van der Waals surface area contributed by atoms with Crippen LogP contribution < -0.4 is 25.9 Å². The Morgan fingerprint density at radius 3 is 2.44 bits per heavy atom. The van der Waals surface area contributed by atoms with E-state index < -0.39 is 17.4 Å². The number of pyridine rings is 1. The molecular formula is C31H28N4O6. The highest BCUT2D eigenvalue weighted by Gasteiger charge is 2.28. The van der Waals surface area contributed by atoms with Gasteiger partial charge in [0.1, 0.15) is 17.0 Å². The van der Waals surface area contributed by atoms with Crippen LogP contribution in [-0.4, -0.2) is 31.6 Å². The van der Waals surface area contributed by atoms with E-state index in [0.29, 0.717) is 45.0 Å². The van der Waals surface area contributed by atoms with Crippen LogP contribution in [0, 0.1) is 6.92 Å². The quantitative estimate of drug-likeness (QED) is 0.291. The van der Waals surface area contributed by atoms with Crippen LogP contribution in [0.1, 0.15) is 34.1 Å². The average Bonchev–Trinajstić information content (AvgIpc) is 3.54. The molecule has 6 rings (SSSR count). The van der Waals surface area contributed by atoms with Crippen molar-refractivity contribution in [2.75, 3.05) is 12.1 Å². The highest BCUT2D eigenvalue weighted by atomic mass is 16.7. The third-order valence-electron chi connectivity index (χ3n) is 7.62. The maximum absolute atomic E-state index is 13.8. The van der Waals surface area contributed by atoms with Gasteiger partial charge in [-0.25, -0.2) is 4.68 Å². The molecular weight excluding hydrogens is 524 g/mol. The molecule has 0 unspecified atom stereocenters. The topological polar surface area (TPSA) is 117 Å². The van der Waals surface area contributed by atoms with E-state index in [1.165, 1.54) is 4.57 Å². The fourth-order valence-corrected chi connectivity index (χ4v) is 5.31. The van der Waals surface area contributed by atoms with Gasteiger partial charge < -0.3 is 24.5 Å². The van der Waals surface area contributed by atoms with Crippen LogP contribution in [0.2, 0.25) is 0 Å². The lowest BCUT2D eigenvalue weighted by Crippen LogP contribution is -2.27. The zero-order valence-electron chi connectivity index (χ0n) is 22.7. The van der Waals surface area contributed by atoms with Gasteiger partial charge in [-0.3, -0.25) is 19.1 Å². The van der Waals surface area contributed by atoms with E-state index in [1.54, 1.807) is 65.9 Å². The van der Waals surface area contributed by atoms with E-state index in [4.69, 9.17) is 9.47 Å². The molecule has 0 aliphatic carbocycles. The zero-order chi connectivity index (χ0) is 28.8. The van der Waals surface area contributed by atoms with Gasteiger partial charge in [0.2, 0.25) is 6.79 Å². The number of nitrogens with one attached hydrogen (secondary N) is 1. The number of aromatic nitrogens is 3. The summed E-state index contributed by atoms with van der Waals surface area (Å²) >= 11 is 0. The van der Waals surface area contributed by atoms with Crippen LogP contribution in [-0.2, 0) is 14.1 Å². The van der Waals surface area contributed by atoms with Crippen LogP contribution >= 0.6 is 0 Å². The van der Waals surface area contributed by atoms with Gasteiger partial charge in [0.05, 0.1) is 22.9 Å². The minimum absolute atomic E-state index is 0.0798. The summed E-state index contributed by atoms with van der Waals surface area (Å²) in [4.78, 5) is 40.7. The van der Waals surface area contributed by atoms with Crippen LogP contribution in [0.5, 0.6) is 17.2 Å². The first-order chi connectivity index (χ1) is 19.8. The maximum atomic E-state index is 13.8. The summed E-state index contributed by atoms with van der Waals surface area (Å²) in [7, 11) is 3.35. The molecule has 0 spiro atoms. The van der Waals surface area contributed by atoms with Crippen LogP contribution in [0.15, 0.2) is 82.4 Å². The molecule has 1 aliphatic rings. The van der Waals surface area contributed by atoms with Gasteiger partial charge in [-0.05, 0) is 48.9 Å². The first-order valence-electron chi connectivity index (χ1n) is 13.1. The molecule has 208 valence electrons. The number of carbonyl (C=O) groups is 1. The van der Waals surface area contributed by atoms with Crippen LogP contribution in [0.4, 0.5) is 5.69 Å². The van der Waals surface area contributed by atoms with E-state index in [2.05, 4.69) is 5.32 Å². The molecule has 0 fully saturated rings. The molecule has 10 nitrogen and oxygen atoms in total. The summed E-state index contributed by atoms with van der Waals surface area (Å²) in [6.45, 7) is 1.89. The molecule has 5 aromatic rings. The number of ketones is 1. The molecule has 41 heavy (non-hydrogen) atoms. The number of rotatable bonds is 7. The number of Topliss-reactive ketones (excluding diaryl/α,β-unsaturated/α-hetero) is 1.